The third kappa shape index (κ3) is 4.58. The molecule has 4 heteroatoms. The van der Waals surface area contributed by atoms with E-state index < -0.39 is 0 Å². The van der Waals surface area contributed by atoms with Crippen molar-refractivity contribution in [1.82, 2.24) is 15.1 Å². The van der Waals surface area contributed by atoms with Crippen LogP contribution in [0.3, 0.4) is 0 Å². The predicted octanol–water partition coefficient (Wildman–Crippen LogP) is 3.46. The van der Waals surface area contributed by atoms with Crippen molar-refractivity contribution >= 4 is 15.9 Å². The van der Waals surface area contributed by atoms with E-state index in [0.717, 1.165) is 36.1 Å². The third-order valence-corrected chi connectivity index (χ3v) is 3.83. The molecule has 0 bridgehead atoms. The zero-order valence-corrected chi connectivity index (χ0v) is 13.4. The van der Waals surface area contributed by atoms with Crippen LogP contribution in [0.1, 0.15) is 38.6 Å². The van der Waals surface area contributed by atoms with E-state index in [0.29, 0.717) is 6.04 Å². The van der Waals surface area contributed by atoms with Crippen molar-refractivity contribution in [2.75, 3.05) is 6.54 Å². The van der Waals surface area contributed by atoms with Crippen LogP contribution < -0.4 is 5.32 Å². The maximum Gasteiger partial charge on any atom is 0.0738 e. The van der Waals surface area contributed by atoms with Gasteiger partial charge in [0.25, 0.3) is 0 Å². The molecule has 102 valence electrons. The van der Waals surface area contributed by atoms with Gasteiger partial charge in [0.1, 0.15) is 0 Å². The summed E-state index contributed by atoms with van der Waals surface area (Å²) in [6.07, 6.45) is 6.49. The Morgan fingerprint density at radius 2 is 2.11 bits per heavy atom. The zero-order valence-electron chi connectivity index (χ0n) is 11.8. The second-order valence-corrected chi connectivity index (χ2v) is 5.53. The van der Waals surface area contributed by atoms with Crippen LogP contribution in [0.25, 0.3) is 0 Å². The van der Waals surface area contributed by atoms with E-state index in [4.69, 9.17) is 0 Å². The van der Waals surface area contributed by atoms with Crippen molar-refractivity contribution in [3.8, 4) is 0 Å². The topological polar surface area (TPSA) is 29.9 Å². The second kappa shape index (κ2) is 7.74. The van der Waals surface area contributed by atoms with Crippen molar-refractivity contribution in [1.29, 1.82) is 0 Å². The number of rotatable bonds is 7. The minimum Gasteiger partial charge on any atom is -0.314 e. The Bertz CT molecular complexity index is 394. The molecule has 0 amide bonds. The molecular formula is C14H24BrN3. The number of allylic oxidation sites excluding steroid dienone is 1. The molecular weight excluding hydrogens is 290 g/mol. The number of halogens is 1. The molecule has 0 spiro atoms. The van der Waals surface area contributed by atoms with E-state index in [-0.39, 0.29) is 0 Å². The molecule has 0 unspecified atom stereocenters. The van der Waals surface area contributed by atoms with Gasteiger partial charge in [-0.15, -0.1) is 0 Å². The smallest absolute Gasteiger partial charge is 0.0738 e. The van der Waals surface area contributed by atoms with Crippen molar-refractivity contribution in [3.05, 3.63) is 28.0 Å². The highest BCUT2D eigenvalue weighted by molar-refractivity contribution is 9.10. The van der Waals surface area contributed by atoms with Crippen LogP contribution in [0, 0.1) is 6.92 Å². The summed E-state index contributed by atoms with van der Waals surface area (Å²) < 4.78 is 3.21. The lowest BCUT2D eigenvalue weighted by molar-refractivity contribution is 0.594. The highest BCUT2D eigenvalue weighted by atomic mass is 79.9. The summed E-state index contributed by atoms with van der Waals surface area (Å²) >= 11 is 3.61. The van der Waals surface area contributed by atoms with Crippen LogP contribution in [0.15, 0.2) is 16.6 Å². The van der Waals surface area contributed by atoms with Crippen molar-refractivity contribution in [2.24, 2.45) is 0 Å². The van der Waals surface area contributed by atoms with E-state index in [1.807, 2.05) is 6.92 Å². The number of nitrogens with zero attached hydrogens (tertiary/aromatic N) is 2. The van der Waals surface area contributed by atoms with Gasteiger partial charge in [-0.1, -0.05) is 26.0 Å². The van der Waals surface area contributed by atoms with E-state index in [2.05, 4.69) is 64.0 Å². The fraction of sp³-hybridized carbons (Fsp3) is 0.643. The molecule has 0 saturated carbocycles. The number of nitrogens with one attached hydrogen (secondary N) is 1. The summed E-state index contributed by atoms with van der Waals surface area (Å²) in [6, 6.07) is 0.566. The first-order chi connectivity index (χ1) is 8.56. The second-order valence-electron chi connectivity index (χ2n) is 4.73. The average Bonchev–Trinajstić information content (AvgIpc) is 2.60. The van der Waals surface area contributed by atoms with Gasteiger partial charge in [0.15, 0.2) is 0 Å². The van der Waals surface area contributed by atoms with E-state index in [1.54, 1.807) is 0 Å². The summed E-state index contributed by atoms with van der Waals surface area (Å²) in [5, 5.41) is 7.89. The molecule has 1 aromatic rings. The molecule has 0 fully saturated rings. The van der Waals surface area contributed by atoms with E-state index >= 15 is 0 Å². The highest BCUT2D eigenvalue weighted by Gasteiger charge is 2.09. The molecule has 1 aromatic heterocycles. The monoisotopic (exact) mass is 313 g/mol. The molecule has 3 nitrogen and oxygen atoms in total. The Hall–Kier alpha value is -0.610. The summed E-state index contributed by atoms with van der Waals surface area (Å²) in [4.78, 5) is 0. The summed E-state index contributed by atoms with van der Waals surface area (Å²) in [5.74, 6) is 0. The molecule has 0 aliphatic carbocycles. The van der Waals surface area contributed by atoms with Gasteiger partial charge >= 0.3 is 0 Å². The molecule has 0 aliphatic heterocycles. The first-order valence-electron chi connectivity index (χ1n) is 6.66. The average molecular weight is 314 g/mol. The normalized spacial score (nSPS) is 11.9. The maximum atomic E-state index is 4.49. The van der Waals surface area contributed by atoms with Crippen LogP contribution in [0.2, 0.25) is 0 Å². The minimum absolute atomic E-state index is 0.566. The molecule has 0 aliphatic rings. The van der Waals surface area contributed by atoms with Gasteiger partial charge in [0.2, 0.25) is 0 Å². The van der Waals surface area contributed by atoms with E-state index in [1.165, 1.54) is 5.69 Å². The maximum absolute atomic E-state index is 4.49. The van der Waals surface area contributed by atoms with E-state index in [9.17, 15) is 0 Å². The Kier molecular flexibility index (Phi) is 6.65. The fourth-order valence-electron chi connectivity index (χ4n) is 1.83. The minimum atomic E-state index is 0.566. The quantitative estimate of drug-likeness (QED) is 0.617. The molecule has 1 heterocycles. The summed E-state index contributed by atoms with van der Waals surface area (Å²) in [7, 11) is 0. The molecule has 0 aromatic carbocycles. The molecule has 18 heavy (non-hydrogen) atoms. The van der Waals surface area contributed by atoms with Crippen molar-refractivity contribution in [3.63, 3.8) is 0 Å². The summed E-state index contributed by atoms with van der Waals surface area (Å²) in [5.41, 5.74) is 2.34. The Morgan fingerprint density at radius 3 is 2.72 bits per heavy atom. The lowest BCUT2D eigenvalue weighted by atomic mass is 10.2. The Morgan fingerprint density at radius 1 is 1.39 bits per heavy atom. The van der Waals surface area contributed by atoms with Gasteiger partial charge in [-0.05, 0) is 42.7 Å². The van der Waals surface area contributed by atoms with Crippen molar-refractivity contribution < 1.29 is 0 Å². The molecule has 0 saturated heterocycles. The van der Waals surface area contributed by atoms with Gasteiger partial charge < -0.3 is 5.32 Å². The van der Waals surface area contributed by atoms with Crippen LogP contribution >= 0.6 is 15.9 Å². The molecule has 0 radical (unpaired) electrons. The first-order valence-corrected chi connectivity index (χ1v) is 7.45. The predicted molar refractivity (Wildman–Crippen MR) is 80.9 cm³/mol. The number of hydrogen-bond donors (Lipinski definition) is 1. The highest BCUT2D eigenvalue weighted by Crippen LogP contribution is 2.21. The largest absolute Gasteiger partial charge is 0.314 e. The van der Waals surface area contributed by atoms with Crippen LogP contribution in [0.4, 0.5) is 0 Å². The lowest BCUT2D eigenvalue weighted by Gasteiger charge is -2.05. The SMILES string of the molecule is CCn1nc(C)c(Br)c1CC=CCCNC(C)C. The number of aryl methyl sites for hydroxylation is 2. The number of hydrogen-bond acceptors (Lipinski definition) is 2. The van der Waals surface area contributed by atoms with Crippen LogP contribution in [0.5, 0.6) is 0 Å². The molecule has 0 atom stereocenters. The van der Waals surface area contributed by atoms with Crippen molar-refractivity contribution in [2.45, 2.75) is 53.1 Å². The zero-order chi connectivity index (χ0) is 13.5. The van der Waals surface area contributed by atoms with Gasteiger partial charge in [0, 0.05) is 19.0 Å². The van der Waals surface area contributed by atoms with Gasteiger partial charge in [0.05, 0.1) is 15.9 Å². The van der Waals surface area contributed by atoms with Crippen LogP contribution in [-0.2, 0) is 13.0 Å². The molecule has 1 rings (SSSR count). The molecule has 1 N–H and O–H groups in total. The lowest BCUT2D eigenvalue weighted by Crippen LogP contribution is -2.23. The Labute approximate surface area is 119 Å². The van der Waals surface area contributed by atoms with Gasteiger partial charge in [-0.25, -0.2) is 0 Å². The standard InChI is InChI=1S/C14H24BrN3/c1-5-18-13(14(15)12(4)17-18)9-7-6-8-10-16-11(2)3/h6-7,11,16H,5,8-10H2,1-4H3. The fourth-order valence-corrected chi connectivity index (χ4v) is 2.28. The van der Waals surface area contributed by atoms with Gasteiger partial charge in [-0.3, -0.25) is 4.68 Å². The van der Waals surface area contributed by atoms with Crippen LogP contribution in [-0.4, -0.2) is 22.4 Å². The third-order valence-electron chi connectivity index (χ3n) is 2.79. The first kappa shape index (κ1) is 15.4. The number of aromatic nitrogens is 2. The van der Waals surface area contributed by atoms with Gasteiger partial charge in [-0.2, -0.15) is 5.10 Å². The Balaban J connectivity index is 2.45. The summed E-state index contributed by atoms with van der Waals surface area (Å²) in [6.45, 7) is 10.5.